The van der Waals surface area contributed by atoms with Gasteiger partial charge in [-0.05, 0) is 43.7 Å². The Morgan fingerprint density at radius 1 is 1.21 bits per heavy atom. The summed E-state index contributed by atoms with van der Waals surface area (Å²) in [4.78, 5) is 25.6. The zero-order chi connectivity index (χ0) is 21.4. The molecule has 0 radical (unpaired) electrons. The number of benzene rings is 2. The maximum absolute atomic E-state index is 14.0. The molecule has 29 heavy (non-hydrogen) atoms. The number of aliphatic hydroxyl groups excluding tert-OH is 1. The fourth-order valence-electron chi connectivity index (χ4n) is 3.31. The van der Waals surface area contributed by atoms with Gasteiger partial charge in [-0.15, -0.1) is 0 Å². The number of rotatable bonds is 3. The van der Waals surface area contributed by atoms with E-state index in [2.05, 4.69) is 5.32 Å². The molecule has 6 nitrogen and oxygen atoms in total. The summed E-state index contributed by atoms with van der Waals surface area (Å²) in [6, 6.07) is 11.3. The monoisotopic (exact) mass is 406 g/mol. The minimum atomic E-state index is -3.22. The molecule has 2 aromatic rings. The highest BCUT2D eigenvalue weighted by molar-refractivity contribution is 5.97. The van der Waals surface area contributed by atoms with Gasteiger partial charge in [0.2, 0.25) is 0 Å². The Labute approximate surface area is 167 Å². The largest absolute Gasteiger partial charge is 0.444 e. The highest BCUT2D eigenvalue weighted by atomic mass is 19.3. The Morgan fingerprint density at radius 2 is 1.86 bits per heavy atom. The lowest BCUT2D eigenvalue weighted by Gasteiger charge is -2.30. The van der Waals surface area contributed by atoms with Crippen LogP contribution in [0.25, 0.3) is 10.8 Å². The van der Waals surface area contributed by atoms with Gasteiger partial charge in [0.15, 0.2) is 6.10 Å². The summed E-state index contributed by atoms with van der Waals surface area (Å²) < 4.78 is 33.1. The summed E-state index contributed by atoms with van der Waals surface area (Å²) in [6.07, 6.45) is -3.64. The molecule has 1 aliphatic rings. The van der Waals surface area contributed by atoms with E-state index in [1.165, 1.54) is 0 Å². The lowest BCUT2D eigenvalue weighted by Crippen LogP contribution is -2.49. The quantitative estimate of drug-likeness (QED) is 0.813. The topological polar surface area (TPSA) is 78.9 Å². The van der Waals surface area contributed by atoms with Crippen LogP contribution in [0.15, 0.2) is 42.5 Å². The van der Waals surface area contributed by atoms with Crippen molar-refractivity contribution in [1.82, 2.24) is 4.90 Å². The molecule has 1 fully saturated rings. The van der Waals surface area contributed by atoms with Gasteiger partial charge in [-0.3, -0.25) is 9.69 Å². The molecule has 156 valence electrons. The first kappa shape index (κ1) is 21.0. The van der Waals surface area contributed by atoms with Gasteiger partial charge < -0.3 is 15.2 Å². The van der Waals surface area contributed by atoms with E-state index in [0.717, 1.165) is 15.7 Å². The predicted molar refractivity (Wildman–Crippen MR) is 105 cm³/mol. The minimum Gasteiger partial charge on any atom is -0.444 e. The molecular formula is C21H24F2N2O4. The zero-order valence-corrected chi connectivity index (χ0v) is 16.5. The number of anilines is 1. The molecule has 0 bridgehead atoms. The molecule has 2 atom stereocenters. The number of likely N-dealkylation sites (tertiary alicyclic amines) is 1. The highest BCUT2D eigenvalue weighted by Crippen LogP contribution is 2.35. The Hall–Kier alpha value is -2.74. The summed E-state index contributed by atoms with van der Waals surface area (Å²) >= 11 is 0. The number of carbonyl (C=O) groups is 2. The number of halogens is 2. The Bertz CT molecular complexity index is 926. The fraction of sp³-hybridized carbons (Fsp3) is 0.429. The number of nitrogens with zero attached hydrogens (tertiary/aromatic N) is 1. The number of nitrogens with one attached hydrogen (secondary N) is 1. The Kier molecular flexibility index (Phi) is 5.49. The van der Waals surface area contributed by atoms with Gasteiger partial charge in [0, 0.05) is 12.1 Å². The fourth-order valence-corrected chi connectivity index (χ4v) is 3.31. The molecule has 3 rings (SSSR count). The molecule has 0 aliphatic carbocycles. The molecule has 0 aromatic heterocycles. The van der Waals surface area contributed by atoms with Gasteiger partial charge in [-0.1, -0.05) is 30.3 Å². The number of alkyl halides is 2. The SMILES string of the molecule is CC(C)(C)OC(=O)N1CC(F)(F)C[C@H]1C(O)C(=O)Nc1ccc2ccccc2c1. The van der Waals surface area contributed by atoms with Crippen LogP contribution in [0.3, 0.4) is 0 Å². The first-order valence-electron chi connectivity index (χ1n) is 9.30. The molecule has 8 heteroatoms. The van der Waals surface area contributed by atoms with E-state index in [1.54, 1.807) is 39.0 Å². The van der Waals surface area contributed by atoms with Crippen molar-refractivity contribution < 1.29 is 28.2 Å². The average molecular weight is 406 g/mol. The summed E-state index contributed by atoms with van der Waals surface area (Å²) in [5, 5.41) is 14.8. The highest BCUT2D eigenvalue weighted by Gasteiger charge is 2.52. The normalized spacial score (nSPS) is 19.8. The number of hydrogen-bond donors (Lipinski definition) is 2. The lowest BCUT2D eigenvalue weighted by atomic mass is 10.1. The maximum atomic E-state index is 14.0. The zero-order valence-electron chi connectivity index (χ0n) is 16.5. The Balaban J connectivity index is 1.75. The third-order valence-corrected chi connectivity index (χ3v) is 4.59. The van der Waals surface area contributed by atoms with E-state index >= 15 is 0 Å². The van der Waals surface area contributed by atoms with Crippen molar-refractivity contribution in [3.63, 3.8) is 0 Å². The van der Waals surface area contributed by atoms with Crippen molar-refractivity contribution in [3.05, 3.63) is 42.5 Å². The van der Waals surface area contributed by atoms with Crippen LogP contribution in [0.5, 0.6) is 0 Å². The molecule has 2 N–H and O–H groups in total. The van der Waals surface area contributed by atoms with E-state index < -0.39 is 48.6 Å². The second-order valence-electron chi connectivity index (χ2n) is 8.23. The van der Waals surface area contributed by atoms with Gasteiger partial charge in [0.25, 0.3) is 11.8 Å². The van der Waals surface area contributed by atoms with E-state index in [0.29, 0.717) is 5.69 Å². The first-order valence-corrected chi connectivity index (χ1v) is 9.30. The minimum absolute atomic E-state index is 0.418. The van der Waals surface area contributed by atoms with Gasteiger partial charge >= 0.3 is 6.09 Å². The summed E-state index contributed by atoms with van der Waals surface area (Å²) in [5.41, 5.74) is -0.473. The molecule has 1 aliphatic heterocycles. The number of aliphatic hydroxyl groups is 1. The van der Waals surface area contributed by atoms with Crippen LogP contribution in [-0.4, -0.2) is 52.2 Å². The third-order valence-electron chi connectivity index (χ3n) is 4.59. The first-order chi connectivity index (χ1) is 13.5. The van der Waals surface area contributed by atoms with E-state index in [-0.39, 0.29) is 0 Å². The van der Waals surface area contributed by atoms with Gasteiger partial charge in [0.1, 0.15) is 5.60 Å². The van der Waals surface area contributed by atoms with Crippen LogP contribution in [0, 0.1) is 0 Å². The smallest absolute Gasteiger partial charge is 0.410 e. The lowest BCUT2D eigenvalue weighted by molar-refractivity contribution is -0.126. The summed E-state index contributed by atoms with van der Waals surface area (Å²) in [6.45, 7) is 3.91. The molecule has 0 spiro atoms. The average Bonchev–Trinajstić information content (AvgIpc) is 2.95. The van der Waals surface area contributed by atoms with Gasteiger partial charge in [-0.25, -0.2) is 13.6 Å². The van der Waals surface area contributed by atoms with Gasteiger partial charge in [-0.2, -0.15) is 0 Å². The van der Waals surface area contributed by atoms with Crippen molar-refractivity contribution in [2.75, 3.05) is 11.9 Å². The van der Waals surface area contributed by atoms with Crippen LogP contribution < -0.4 is 5.32 Å². The molecule has 1 unspecified atom stereocenters. The molecule has 1 heterocycles. The van der Waals surface area contributed by atoms with Crippen molar-refractivity contribution in [2.45, 2.75) is 50.9 Å². The number of carbonyl (C=O) groups excluding carboxylic acids is 2. The second kappa shape index (κ2) is 7.59. The van der Waals surface area contributed by atoms with Gasteiger partial charge in [0.05, 0.1) is 12.6 Å². The molecule has 0 saturated carbocycles. The van der Waals surface area contributed by atoms with Crippen LogP contribution >= 0.6 is 0 Å². The number of ether oxygens (including phenoxy) is 1. The predicted octanol–water partition coefficient (Wildman–Crippen LogP) is 3.78. The maximum Gasteiger partial charge on any atom is 0.410 e. The summed E-state index contributed by atoms with van der Waals surface area (Å²) in [7, 11) is 0. The van der Waals surface area contributed by atoms with Crippen molar-refractivity contribution >= 4 is 28.5 Å². The van der Waals surface area contributed by atoms with Crippen LogP contribution in [0.4, 0.5) is 19.3 Å². The van der Waals surface area contributed by atoms with E-state index in [1.807, 2.05) is 24.3 Å². The second-order valence-corrected chi connectivity index (χ2v) is 8.23. The van der Waals surface area contributed by atoms with Crippen molar-refractivity contribution in [2.24, 2.45) is 0 Å². The van der Waals surface area contributed by atoms with Crippen LogP contribution in [-0.2, 0) is 9.53 Å². The standard InChI is InChI=1S/C21H24F2N2O4/c1-20(2,3)29-19(28)25-12-21(22,23)11-16(25)17(26)18(27)24-15-9-8-13-6-4-5-7-14(13)10-15/h4-10,16-17,26H,11-12H2,1-3H3,(H,24,27)/t16-,17?/m0/s1. The molecule has 1 saturated heterocycles. The van der Waals surface area contributed by atoms with E-state index in [4.69, 9.17) is 4.74 Å². The summed E-state index contributed by atoms with van der Waals surface area (Å²) in [5.74, 6) is -4.08. The number of hydrogen-bond acceptors (Lipinski definition) is 4. The van der Waals surface area contributed by atoms with E-state index in [9.17, 15) is 23.5 Å². The molecular weight excluding hydrogens is 382 g/mol. The Morgan fingerprint density at radius 3 is 2.52 bits per heavy atom. The molecule has 2 amide bonds. The number of amides is 2. The van der Waals surface area contributed by atoms with Crippen molar-refractivity contribution in [1.29, 1.82) is 0 Å². The van der Waals surface area contributed by atoms with Crippen LogP contribution in [0.1, 0.15) is 27.2 Å². The number of fused-ring (bicyclic) bond motifs is 1. The van der Waals surface area contributed by atoms with Crippen LogP contribution in [0.2, 0.25) is 0 Å². The third kappa shape index (κ3) is 5.00. The molecule has 2 aromatic carbocycles. The van der Waals surface area contributed by atoms with Crippen molar-refractivity contribution in [3.8, 4) is 0 Å².